The molecule has 0 bridgehead atoms. The molecule has 0 aliphatic carbocycles. The number of aryl methyl sites for hydroxylation is 1. The topological polar surface area (TPSA) is 50.4 Å². The number of rotatable bonds is 8. The first-order valence-corrected chi connectivity index (χ1v) is 8.38. The molecular weight excluding hydrogens is 312 g/mol. The van der Waals surface area contributed by atoms with Gasteiger partial charge in [-0.05, 0) is 62.9 Å². The lowest BCUT2D eigenvalue weighted by Crippen LogP contribution is -2.35. The summed E-state index contributed by atoms with van der Waals surface area (Å²) in [5.74, 6) is 1.67. The van der Waals surface area contributed by atoms with Crippen molar-refractivity contribution in [2.75, 3.05) is 19.6 Å². The third-order valence-corrected chi connectivity index (χ3v) is 4.22. The van der Waals surface area contributed by atoms with Crippen molar-refractivity contribution >= 4 is 18.3 Å². The quantitative estimate of drug-likeness (QED) is 0.764. The van der Waals surface area contributed by atoms with E-state index >= 15 is 0 Å². The molecule has 1 fully saturated rings. The molecule has 2 unspecified atom stereocenters. The number of carbonyl (C=O) groups is 1. The Bertz CT molecular complexity index is 476. The molecule has 0 spiro atoms. The van der Waals surface area contributed by atoms with E-state index in [1.54, 1.807) is 0 Å². The largest absolute Gasteiger partial charge is 0.489 e. The second-order valence-corrected chi connectivity index (χ2v) is 6.17. The molecule has 1 saturated heterocycles. The first kappa shape index (κ1) is 19.8. The highest BCUT2D eigenvalue weighted by molar-refractivity contribution is 5.85. The summed E-state index contributed by atoms with van der Waals surface area (Å²) in [6.07, 6.45) is 3.70. The van der Waals surface area contributed by atoms with Gasteiger partial charge in [-0.3, -0.25) is 4.79 Å². The molecule has 5 heteroatoms. The van der Waals surface area contributed by atoms with E-state index in [-0.39, 0.29) is 24.4 Å². The molecule has 2 N–H and O–H groups in total. The first-order valence-electron chi connectivity index (χ1n) is 8.38. The summed E-state index contributed by atoms with van der Waals surface area (Å²) < 4.78 is 5.95. The zero-order valence-corrected chi connectivity index (χ0v) is 15.0. The molecule has 4 nitrogen and oxygen atoms in total. The standard InChI is InChI=1S/C18H28N2O2.ClH/c1-3-16(22-17-6-4-5-14(2)11-17)13-20-18(21)8-7-15-9-10-19-12-15;/h4-6,11,15-16,19H,3,7-10,12-13H2,1-2H3,(H,20,21);1H. The number of hydrogen-bond acceptors (Lipinski definition) is 3. The van der Waals surface area contributed by atoms with Crippen molar-refractivity contribution in [3.63, 3.8) is 0 Å². The van der Waals surface area contributed by atoms with E-state index in [0.717, 1.165) is 31.7 Å². The van der Waals surface area contributed by atoms with Gasteiger partial charge in [0.05, 0.1) is 6.54 Å². The SMILES string of the molecule is CCC(CNC(=O)CCC1CCNC1)Oc1cccc(C)c1.Cl. The van der Waals surface area contributed by atoms with E-state index in [1.807, 2.05) is 31.2 Å². The van der Waals surface area contributed by atoms with Crippen molar-refractivity contribution in [2.45, 2.75) is 45.6 Å². The summed E-state index contributed by atoms with van der Waals surface area (Å²) in [6, 6.07) is 8.03. The van der Waals surface area contributed by atoms with Crippen LogP contribution in [0.3, 0.4) is 0 Å². The minimum atomic E-state index is 0. The Kier molecular flexibility index (Phi) is 9.03. The fourth-order valence-corrected chi connectivity index (χ4v) is 2.76. The van der Waals surface area contributed by atoms with Crippen LogP contribution in [-0.2, 0) is 4.79 Å². The first-order chi connectivity index (χ1) is 10.7. The monoisotopic (exact) mass is 340 g/mol. The third-order valence-electron chi connectivity index (χ3n) is 4.22. The maximum atomic E-state index is 11.9. The zero-order valence-electron chi connectivity index (χ0n) is 14.1. The van der Waals surface area contributed by atoms with Gasteiger partial charge in [0.15, 0.2) is 0 Å². The number of carbonyl (C=O) groups excluding carboxylic acids is 1. The third kappa shape index (κ3) is 7.23. The lowest BCUT2D eigenvalue weighted by Gasteiger charge is -2.18. The van der Waals surface area contributed by atoms with E-state index < -0.39 is 0 Å². The number of benzene rings is 1. The number of halogens is 1. The van der Waals surface area contributed by atoms with Gasteiger partial charge in [0, 0.05) is 6.42 Å². The molecule has 2 rings (SSSR count). The van der Waals surface area contributed by atoms with Gasteiger partial charge in [0.1, 0.15) is 11.9 Å². The van der Waals surface area contributed by atoms with Gasteiger partial charge in [-0.2, -0.15) is 0 Å². The molecule has 1 heterocycles. The molecule has 0 radical (unpaired) electrons. The van der Waals surface area contributed by atoms with Crippen LogP contribution < -0.4 is 15.4 Å². The summed E-state index contributed by atoms with van der Waals surface area (Å²) in [7, 11) is 0. The molecule has 1 amide bonds. The molecule has 1 aromatic carbocycles. The zero-order chi connectivity index (χ0) is 15.8. The fraction of sp³-hybridized carbons (Fsp3) is 0.611. The highest BCUT2D eigenvalue weighted by Crippen LogP contribution is 2.16. The molecule has 1 aromatic rings. The molecular formula is C18H29ClN2O2. The number of nitrogens with one attached hydrogen (secondary N) is 2. The summed E-state index contributed by atoms with van der Waals surface area (Å²) in [5, 5.41) is 6.34. The number of hydrogen-bond donors (Lipinski definition) is 2. The van der Waals surface area contributed by atoms with E-state index in [9.17, 15) is 4.79 Å². The van der Waals surface area contributed by atoms with Gasteiger partial charge in [-0.25, -0.2) is 0 Å². The summed E-state index contributed by atoms with van der Waals surface area (Å²) in [6.45, 7) is 6.85. The van der Waals surface area contributed by atoms with Gasteiger partial charge in [-0.15, -0.1) is 12.4 Å². The predicted octanol–water partition coefficient (Wildman–Crippen LogP) is 3.08. The molecule has 2 atom stereocenters. The van der Waals surface area contributed by atoms with Gasteiger partial charge >= 0.3 is 0 Å². The van der Waals surface area contributed by atoms with Gasteiger partial charge in [0.25, 0.3) is 0 Å². The Morgan fingerprint density at radius 3 is 2.96 bits per heavy atom. The van der Waals surface area contributed by atoms with Crippen molar-refractivity contribution in [3.05, 3.63) is 29.8 Å². The van der Waals surface area contributed by atoms with Crippen LogP contribution in [0.4, 0.5) is 0 Å². The Morgan fingerprint density at radius 1 is 1.48 bits per heavy atom. The van der Waals surface area contributed by atoms with Crippen molar-refractivity contribution < 1.29 is 9.53 Å². The smallest absolute Gasteiger partial charge is 0.220 e. The van der Waals surface area contributed by atoms with Crippen molar-refractivity contribution in [1.29, 1.82) is 0 Å². The summed E-state index contributed by atoms with van der Waals surface area (Å²) in [4.78, 5) is 11.9. The number of amides is 1. The average Bonchev–Trinajstić information content (AvgIpc) is 3.03. The van der Waals surface area contributed by atoms with Crippen molar-refractivity contribution in [1.82, 2.24) is 10.6 Å². The fourth-order valence-electron chi connectivity index (χ4n) is 2.76. The summed E-state index contributed by atoms with van der Waals surface area (Å²) in [5.41, 5.74) is 1.18. The van der Waals surface area contributed by atoms with Crippen LogP contribution >= 0.6 is 12.4 Å². The lowest BCUT2D eigenvalue weighted by molar-refractivity contribution is -0.121. The molecule has 1 aliphatic rings. The van der Waals surface area contributed by atoms with Crippen molar-refractivity contribution in [3.8, 4) is 5.75 Å². The Hall–Kier alpha value is -1.26. The maximum Gasteiger partial charge on any atom is 0.220 e. The molecule has 130 valence electrons. The van der Waals surface area contributed by atoms with Crippen molar-refractivity contribution in [2.24, 2.45) is 5.92 Å². The Labute approximate surface area is 145 Å². The highest BCUT2D eigenvalue weighted by Gasteiger charge is 2.16. The molecule has 1 aliphatic heterocycles. The van der Waals surface area contributed by atoms with E-state index in [2.05, 4.69) is 17.6 Å². The van der Waals surface area contributed by atoms with Crippen LogP contribution in [0.25, 0.3) is 0 Å². The Balaban J connectivity index is 0.00000264. The van der Waals surface area contributed by atoms with Crippen LogP contribution in [0.5, 0.6) is 5.75 Å². The van der Waals surface area contributed by atoms with Crippen LogP contribution in [0, 0.1) is 12.8 Å². The minimum absolute atomic E-state index is 0. The normalized spacial score (nSPS) is 18.1. The van der Waals surface area contributed by atoms with Gasteiger partial charge in [0.2, 0.25) is 5.91 Å². The molecule has 0 saturated carbocycles. The van der Waals surface area contributed by atoms with Gasteiger partial charge in [-0.1, -0.05) is 19.1 Å². The van der Waals surface area contributed by atoms with Crippen LogP contribution in [-0.4, -0.2) is 31.6 Å². The average molecular weight is 341 g/mol. The highest BCUT2D eigenvalue weighted by atomic mass is 35.5. The predicted molar refractivity (Wildman–Crippen MR) is 96.4 cm³/mol. The van der Waals surface area contributed by atoms with Crippen LogP contribution in [0.2, 0.25) is 0 Å². The summed E-state index contributed by atoms with van der Waals surface area (Å²) >= 11 is 0. The minimum Gasteiger partial charge on any atom is -0.489 e. The number of ether oxygens (including phenoxy) is 1. The van der Waals surface area contributed by atoms with E-state index in [4.69, 9.17) is 4.74 Å². The maximum absolute atomic E-state index is 11.9. The molecule has 0 aromatic heterocycles. The molecule has 23 heavy (non-hydrogen) atoms. The van der Waals surface area contributed by atoms with E-state index in [0.29, 0.717) is 18.9 Å². The van der Waals surface area contributed by atoms with Gasteiger partial charge < -0.3 is 15.4 Å². The Morgan fingerprint density at radius 2 is 2.30 bits per heavy atom. The second kappa shape index (κ2) is 10.5. The lowest BCUT2D eigenvalue weighted by atomic mass is 10.0. The van der Waals surface area contributed by atoms with E-state index in [1.165, 1.54) is 12.0 Å². The second-order valence-electron chi connectivity index (χ2n) is 6.17. The van der Waals surface area contributed by atoms with Crippen LogP contribution in [0.15, 0.2) is 24.3 Å². The van der Waals surface area contributed by atoms with Crippen LogP contribution in [0.1, 0.15) is 38.2 Å².